The van der Waals surface area contributed by atoms with Gasteiger partial charge >= 0.3 is 0 Å². The van der Waals surface area contributed by atoms with Gasteiger partial charge in [0.05, 0.1) is 0 Å². The molecule has 0 saturated heterocycles. The highest BCUT2D eigenvalue weighted by Gasteiger charge is 2.51. The molecule has 0 unspecified atom stereocenters. The molecule has 5 aliphatic rings. The van der Waals surface area contributed by atoms with E-state index in [0.29, 0.717) is 17.4 Å². The summed E-state index contributed by atoms with van der Waals surface area (Å²) in [6.45, 7) is 0. The molecule has 5 saturated carbocycles. The highest BCUT2D eigenvalue weighted by Crippen LogP contribution is 2.61. The van der Waals surface area contributed by atoms with Crippen molar-refractivity contribution in [1.82, 2.24) is 5.32 Å². The second-order valence-corrected chi connectivity index (χ2v) is 8.14. The van der Waals surface area contributed by atoms with Crippen molar-refractivity contribution in [3.63, 3.8) is 0 Å². The Bertz CT molecular complexity index is 334. The molecule has 4 bridgehead atoms. The van der Waals surface area contributed by atoms with Crippen LogP contribution in [0.25, 0.3) is 0 Å². The average Bonchev–Trinajstić information content (AvgIpc) is 2.78. The number of carbonyl (C=O) groups excluding carboxylic acids is 1. The van der Waals surface area contributed by atoms with Gasteiger partial charge in [-0.15, -0.1) is 0 Å². The molecule has 0 aromatic heterocycles. The predicted octanol–water partition coefficient (Wildman–Crippen LogP) is 3.65. The number of hydrogen-bond acceptors (Lipinski definition) is 1. The first kappa shape index (κ1) is 12.2. The molecule has 2 nitrogen and oxygen atoms in total. The molecular formula is C17H27NO. The molecule has 0 atom stereocenters. The Morgan fingerprint density at radius 2 is 1.47 bits per heavy atom. The van der Waals surface area contributed by atoms with E-state index in [-0.39, 0.29) is 0 Å². The fourth-order valence-electron chi connectivity index (χ4n) is 6.20. The lowest BCUT2D eigenvalue weighted by atomic mass is 9.49. The molecule has 5 rings (SSSR count). The van der Waals surface area contributed by atoms with E-state index in [9.17, 15) is 4.79 Å². The standard InChI is InChI=1S/C17H27NO/c19-16(18-15-3-1-2-4-15)11-17-8-12-5-13(9-17)7-14(6-12)10-17/h12-15H,1-11H2,(H,18,19). The molecule has 2 heteroatoms. The summed E-state index contributed by atoms with van der Waals surface area (Å²) in [5.74, 6) is 3.26. The summed E-state index contributed by atoms with van der Waals surface area (Å²) < 4.78 is 0. The zero-order valence-electron chi connectivity index (χ0n) is 12.0. The molecular weight excluding hydrogens is 234 g/mol. The van der Waals surface area contributed by atoms with Crippen molar-refractivity contribution < 1.29 is 4.79 Å². The third-order valence-electron chi connectivity index (χ3n) is 6.42. The van der Waals surface area contributed by atoms with E-state index in [1.54, 1.807) is 0 Å². The van der Waals surface area contributed by atoms with Gasteiger partial charge in [0.1, 0.15) is 0 Å². The van der Waals surface area contributed by atoms with Crippen molar-refractivity contribution in [3.05, 3.63) is 0 Å². The molecule has 106 valence electrons. The number of hydrogen-bond donors (Lipinski definition) is 1. The normalized spacial score (nSPS) is 44.7. The number of amides is 1. The lowest BCUT2D eigenvalue weighted by molar-refractivity contribution is -0.130. The maximum absolute atomic E-state index is 12.4. The smallest absolute Gasteiger partial charge is 0.220 e. The minimum atomic E-state index is 0.369. The first-order valence-electron chi connectivity index (χ1n) is 8.50. The molecule has 0 heterocycles. The van der Waals surface area contributed by atoms with Gasteiger partial charge in [0.2, 0.25) is 5.91 Å². The second kappa shape index (κ2) is 4.49. The van der Waals surface area contributed by atoms with Crippen LogP contribution in [0.3, 0.4) is 0 Å². The van der Waals surface area contributed by atoms with E-state index in [1.165, 1.54) is 64.2 Å². The maximum Gasteiger partial charge on any atom is 0.220 e. The van der Waals surface area contributed by atoms with Crippen molar-refractivity contribution in [3.8, 4) is 0 Å². The van der Waals surface area contributed by atoms with E-state index < -0.39 is 0 Å². The predicted molar refractivity (Wildman–Crippen MR) is 75.6 cm³/mol. The first-order chi connectivity index (χ1) is 9.21. The van der Waals surface area contributed by atoms with Gasteiger partial charge in [0.25, 0.3) is 0 Å². The van der Waals surface area contributed by atoms with Gasteiger partial charge in [0.15, 0.2) is 0 Å². The van der Waals surface area contributed by atoms with Crippen molar-refractivity contribution in [2.24, 2.45) is 23.2 Å². The second-order valence-electron chi connectivity index (χ2n) is 8.14. The van der Waals surface area contributed by atoms with Crippen LogP contribution in [0.5, 0.6) is 0 Å². The summed E-state index contributed by atoms with van der Waals surface area (Å²) in [4.78, 5) is 12.4. The van der Waals surface area contributed by atoms with Gasteiger partial charge in [-0.05, 0) is 74.5 Å². The zero-order chi connectivity index (χ0) is 12.9. The topological polar surface area (TPSA) is 29.1 Å². The van der Waals surface area contributed by atoms with E-state index >= 15 is 0 Å². The van der Waals surface area contributed by atoms with E-state index in [1.807, 2.05) is 0 Å². The lowest BCUT2D eigenvalue weighted by Crippen LogP contribution is -2.48. The van der Waals surface area contributed by atoms with Gasteiger partial charge in [0, 0.05) is 12.5 Å². The summed E-state index contributed by atoms with van der Waals surface area (Å²) in [5, 5.41) is 3.31. The number of nitrogens with one attached hydrogen (secondary N) is 1. The highest BCUT2D eigenvalue weighted by atomic mass is 16.1. The van der Waals surface area contributed by atoms with Crippen LogP contribution in [0.15, 0.2) is 0 Å². The molecule has 19 heavy (non-hydrogen) atoms. The van der Waals surface area contributed by atoms with Crippen molar-refractivity contribution in [2.75, 3.05) is 0 Å². The third-order valence-corrected chi connectivity index (χ3v) is 6.42. The van der Waals surface area contributed by atoms with Crippen LogP contribution < -0.4 is 5.32 Å². The maximum atomic E-state index is 12.4. The Labute approximate surface area is 116 Å². The molecule has 0 spiro atoms. The lowest BCUT2D eigenvalue weighted by Gasteiger charge is -2.56. The molecule has 0 aromatic carbocycles. The third kappa shape index (κ3) is 2.32. The van der Waals surface area contributed by atoms with Crippen LogP contribution in [0.4, 0.5) is 0 Å². The fraction of sp³-hybridized carbons (Fsp3) is 0.941. The van der Waals surface area contributed by atoms with E-state index in [0.717, 1.165) is 24.2 Å². The fourth-order valence-corrected chi connectivity index (χ4v) is 6.20. The molecule has 1 amide bonds. The van der Waals surface area contributed by atoms with Crippen LogP contribution >= 0.6 is 0 Å². The van der Waals surface area contributed by atoms with Crippen LogP contribution in [-0.2, 0) is 4.79 Å². The van der Waals surface area contributed by atoms with Crippen molar-refractivity contribution in [2.45, 2.75) is 76.7 Å². The summed E-state index contributed by atoms with van der Waals surface area (Å²) in [7, 11) is 0. The minimum Gasteiger partial charge on any atom is -0.353 e. The van der Waals surface area contributed by atoms with Gasteiger partial charge < -0.3 is 5.32 Å². The largest absolute Gasteiger partial charge is 0.353 e. The van der Waals surface area contributed by atoms with Crippen LogP contribution in [-0.4, -0.2) is 11.9 Å². The van der Waals surface area contributed by atoms with Gasteiger partial charge in [-0.2, -0.15) is 0 Å². The summed E-state index contributed by atoms with van der Waals surface area (Å²) in [6, 6.07) is 0.501. The van der Waals surface area contributed by atoms with Crippen LogP contribution in [0, 0.1) is 23.2 Å². The van der Waals surface area contributed by atoms with Crippen molar-refractivity contribution in [1.29, 1.82) is 0 Å². The molecule has 0 radical (unpaired) electrons. The molecule has 0 aromatic rings. The van der Waals surface area contributed by atoms with Crippen LogP contribution in [0.2, 0.25) is 0 Å². The Balaban J connectivity index is 1.40. The first-order valence-corrected chi connectivity index (χ1v) is 8.50. The number of carbonyl (C=O) groups is 1. The van der Waals surface area contributed by atoms with E-state index in [4.69, 9.17) is 0 Å². The summed E-state index contributed by atoms with van der Waals surface area (Å²) in [5.41, 5.74) is 0.414. The minimum absolute atomic E-state index is 0.369. The molecule has 0 aliphatic heterocycles. The molecule has 5 aliphatic carbocycles. The van der Waals surface area contributed by atoms with Gasteiger partial charge in [-0.25, -0.2) is 0 Å². The van der Waals surface area contributed by atoms with Gasteiger partial charge in [-0.1, -0.05) is 12.8 Å². The Kier molecular flexibility index (Phi) is 2.89. The Morgan fingerprint density at radius 1 is 0.947 bits per heavy atom. The number of rotatable bonds is 3. The van der Waals surface area contributed by atoms with Gasteiger partial charge in [-0.3, -0.25) is 4.79 Å². The quantitative estimate of drug-likeness (QED) is 0.825. The monoisotopic (exact) mass is 261 g/mol. The van der Waals surface area contributed by atoms with Crippen molar-refractivity contribution >= 4 is 5.91 Å². The van der Waals surface area contributed by atoms with E-state index in [2.05, 4.69) is 5.32 Å². The summed E-state index contributed by atoms with van der Waals surface area (Å²) >= 11 is 0. The highest BCUT2D eigenvalue weighted by molar-refractivity contribution is 5.77. The average molecular weight is 261 g/mol. The summed E-state index contributed by atoms with van der Waals surface area (Å²) in [6.07, 6.45) is 14.4. The Hall–Kier alpha value is -0.530. The molecule has 5 fully saturated rings. The Morgan fingerprint density at radius 3 is 2.00 bits per heavy atom. The molecule has 1 N–H and O–H groups in total. The SMILES string of the molecule is O=C(CC12CC3CC(CC(C3)C1)C2)NC1CCCC1. The van der Waals surface area contributed by atoms with Crippen LogP contribution in [0.1, 0.15) is 70.6 Å². The zero-order valence-corrected chi connectivity index (χ0v) is 12.0.